The Morgan fingerprint density at radius 3 is 2.78 bits per heavy atom. The Labute approximate surface area is 107 Å². The van der Waals surface area contributed by atoms with Gasteiger partial charge in [0, 0.05) is 6.20 Å². The molecule has 1 aromatic heterocycles. The maximum absolute atomic E-state index is 9.85. The van der Waals surface area contributed by atoms with E-state index >= 15 is 0 Å². The molecule has 1 aliphatic carbocycles. The minimum absolute atomic E-state index is 0.120. The smallest absolute Gasteiger partial charge is 0.0645 e. The van der Waals surface area contributed by atoms with Gasteiger partial charge in [0.2, 0.25) is 0 Å². The second-order valence-electron chi connectivity index (χ2n) is 5.07. The SMILES string of the molecule is OC(CCc1cnn(-c2ccccc2)c1)C1CC1. The average molecular weight is 242 g/mol. The third-order valence-corrected chi connectivity index (χ3v) is 3.55. The first kappa shape index (κ1) is 11.5. The van der Waals surface area contributed by atoms with Gasteiger partial charge in [0.15, 0.2) is 0 Å². The summed E-state index contributed by atoms with van der Waals surface area (Å²) in [5.74, 6) is 0.564. The van der Waals surface area contributed by atoms with E-state index in [-0.39, 0.29) is 6.10 Å². The summed E-state index contributed by atoms with van der Waals surface area (Å²) in [6, 6.07) is 10.1. The van der Waals surface area contributed by atoms with Crippen LogP contribution in [0, 0.1) is 5.92 Å². The van der Waals surface area contributed by atoms with Gasteiger partial charge in [-0.05, 0) is 49.3 Å². The van der Waals surface area contributed by atoms with Gasteiger partial charge in [-0.1, -0.05) is 18.2 Å². The van der Waals surface area contributed by atoms with Crippen LogP contribution in [0.3, 0.4) is 0 Å². The molecule has 18 heavy (non-hydrogen) atoms. The molecule has 1 fully saturated rings. The fourth-order valence-corrected chi connectivity index (χ4v) is 2.24. The highest BCUT2D eigenvalue weighted by Gasteiger charge is 2.29. The summed E-state index contributed by atoms with van der Waals surface area (Å²) in [4.78, 5) is 0. The molecule has 0 aliphatic heterocycles. The highest BCUT2D eigenvalue weighted by molar-refractivity contribution is 5.30. The quantitative estimate of drug-likeness (QED) is 0.875. The Morgan fingerprint density at radius 2 is 2.06 bits per heavy atom. The molecule has 0 radical (unpaired) electrons. The van der Waals surface area contributed by atoms with Crippen LogP contribution >= 0.6 is 0 Å². The molecule has 1 aromatic carbocycles. The predicted octanol–water partition coefficient (Wildman–Crippen LogP) is 2.58. The lowest BCUT2D eigenvalue weighted by Gasteiger charge is -2.06. The number of aliphatic hydroxyl groups excluding tert-OH is 1. The van der Waals surface area contributed by atoms with Gasteiger partial charge < -0.3 is 5.11 Å². The van der Waals surface area contributed by atoms with E-state index in [1.165, 1.54) is 18.4 Å². The molecule has 1 heterocycles. The second kappa shape index (κ2) is 4.94. The standard InChI is InChI=1S/C15H18N2O/c18-15(13-7-8-13)9-6-12-10-16-17(11-12)14-4-2-1-3-5-14/h1-5,10-11,13,15,18H,6-9H2. The van der Waals surface area contributed by atoms with Crippen LogP contribution in [0.25, 0.3) is 5.69 Å². The van der Waals surface area contributed by atoms with Crippen LogP contribution in [-0.4, -0.2) is 21.0 Å². The fraction of sp³-hybridized carbons (Fsp3) is 0.400. The topological polar surface area (TPSA) is 38.1 Å². The van der Waals surface area contributed by atoms with E-state index in [1.54, 1.807) is 0 Å². The van der Waals surface area contributed by atoms with Gasteiger partial charge in [0.25, 0.3) is 0 Å². The predicted molar refractivity (Wildman–Crippen MR) is 70.6 cm³/mol. The Balaban J connectivity index is 1.62. The van der Waals surface area contributed by atoms with Crippen LogP contribution in [0.5, 0.6) is 0 Å². The Morgan fingerprint density at radius 1 is 1.28 bits per heavy atom. The van der Waals surface area contributed by atoms with Gasteiger partial charge >= 0.3 is 0 Å². The van der Waals surface area contributed by atoms with Crippen LogP contribution < -0.4 is 0 Å². The van der Waals surface area contributed by atoms with Crippen molar-refractivity contribution in [2.75, 3.05) is 0 Å². The lowest BCUT2D eigenvalue weighted by molar-refractivity contribution is 0.142. The van der Waals surface area contributed by atoms with E-state index < -0.39 is 0 Å². The zero-order chi connectivity index (χ0) is 12.4. The van der Waals surface area contributed by atoms with E-state index in [9.17, 15) is 5.11 Å². The van der Waals surface area contributed by atoms with Gasteiger partial charge in [-0.3, -0.25) is 0 Å². The summed E-state index contributed by atoms with van der Waals surface area (Å²) >= 11 is 0. The maximum atomic E-state index is 9.85. The summed E-state index contributed by atoms with van der Waals surface area (Å²) < 4.78 is 1.89. The monoisotopic (exact) mass is 242 g/mol. The molecular weight excluding hydrogens is 224 g/mol. The lowest BCUT2D eigenvalue weighted by Crippen LogP contribution is -2.09. The fourth-order valence-electron chi connectivity index (χ4n) is 2.24. The third-order valence-electron chi connectivity index (χ3n) is 3.55. The number of para-hydroxylation sites is 1. The molecule has 0 saturated heterocycles. The summed E-state index contributed by atoms with van der Waals surface area (Å²) in [6.07, 6.45) is 7.98. The normalized spacial score (nSPS) is 16.7. The Kier molecular flexibility index (Phi) is 3.15. The molecule has 94 valence electrons. The minimum atomic E-state index is -0.120. The summed E-state index contributed by atoms with van der Waals surface area (Å²) in [5, 5.41) is 14.2. The number of benzene rings is 1. The number of nitrogens with zero attached hydrogens (tertiary/aromatic N) is 2. The van der Waals surface area contributed by atoms with Gasteiger partial charge in [-0.2, -0.15) is 5.10 Å². The van der Waals surface area contributed by atoms with Crippen molar-refractivity contribution in [3.63, 3.8) is 0 Å². The first-order chi connectivity index (χ1) is 8.83. The number of hydrogen-bond donors (Lipinski definition) is 1. The van der Waals surface area contributed by atoms with Crippen LogP contribution in [0.4, 0.5) is 0 Å². The third kappa shape index (κ3) is 2.62. The van der Waals surface area contributed by atoms with Crippen LogP contribution in [-0.2, 0) is 6.42 Å². The number of aliphatic hydroxyl groups is 1. The number of aromatic nitrogens is 2. The Bertz CT molecular complexity index is 502. The molecule has 1 N–H and O–H groups in total. The van der Waals surface area contributed by atoms with Gasteiger partial charge in [0.1, 0.15) is 0 Å². The molecule has 1 atom stereocenters. The molecular formula is C15H18N2O. The van der Waals surface area contributed by atoms with Crippen molar-refractivity contribution in [2.45, 2.75) is 31.8 Å². The highest BCUT2D eigenvalue weighted by atomic mass is 16.3. The van der Waals surface area contributed by atoms with E-state index in [0.29, 0.717) is 5.92 Å². The van der Waals surface area contributed by atoms with Crippen molar-refractivity contribution in [2.24, 2.45) is 5.92 Å². The molecule has 0 spiro atoms. The average Bonchev–Trinajstić information content (AvgIpc) is 3.16. The first-order valence-electron chi connectivity index (χ1n) is 6.60. The second-order valence-corrected chi connectivity index (χ2v) is 5.07. The molecule has 2 aromatic rings. The molecule has 1 unspecified atom stereocenters. The molecule has 1 saturated carbocycles. The number of rotatable bonds is 5. The largest absolute Gasteiger partial charge is 0.393 e. The van der Waals surface area contributed by atoms with Crippen LogP contribution in [0.15, 0.2) is 42.7 Å². The molecule has 1 aliphatic rings. The molecule has 3 heteroatoms. The maximum Gasteiger partial charge on any atom is 0.0645 e. The zero-order valence-electron chi connectivity index (χ0n) is 10.4. The van der Waals surface area contributed by atoms with E-state index in [0.717, 1.165) is 18.5 Å². The van der Waals surface area contributed by atoms with Crippen molar-refractivity contribution >= 4 is 0 Å². The lowest BCUT2D eigenvalue weighted by atomic mass is 10.1. The summed E-state index contributed by atoms with van der Waals surface area (Å²) in [7, 11) is 0. The van der Waals surface area contributed by atoms with E-state index in [2.05, 4.69) is 11.3 Å². The van der Waals surface area contributed by atoms with Crippen molar-refractivity contribution in [3.05, 3.63) is 48.3 Å². The van der Waals surface area contributed by atoms with Gasteiger partial charge in [0.05, 0.1) is 18.0 Å². The van der Waals surface area contributed by atoms with Gasteiger partial charge in [-0.15, -0.1) is 0 Å². The van der Waals surface area contributed by atoms with E-state index in [4.69, 9.17) is 0 Å². The number of hydrogen-bond acceptors (Lipinski definition) is 2. The van der Waals surface area contributed by atoms with Crippen molar-refractivity contribution in [1.29, 1.82) is 0 Å². The zero-order valence-corrected chi connectivity index (χ0v) is 10.4. The first-order valence-corrected chi connectivity index (χ1v) is 6.60. The van der Waals surface area contributed by atoms with Gasteiger partial charge in [-0.25, -0.2) is 4.68 Å². The van der Waals surface area contributed by atoms with Crippen molar-refractivity contribution < 1.29 is 5.11 Å². The van der Waals surface area contributed by atoms with Crippen LogP contribution in [0.2, 0.25) is 0 Å². The van der Waals surface area contributed by atoms with E-state index in [1.807, 2.05) is 41.2 Å². The molecule has 0 bridgehead atoms. The molecule has 3 nitrogen and oxygen atoms in total. The number of aryl methyl sites for hydroxylation is 1. The molecule has 3 rings (SSSR count). The minimum Gasteiger partial charge on any atom is -0.393 e. The Hall–Kier alpha value is -1.61. The van der Waals surface area contributed by atoms with Crippen molar-refractivity contribution in [1.82, 2.24) is 9.78 Å². The molecule has 0 amide bonds. The van der Waals surface area contributed by atoms with Crippen LogP contribution in [0.1, 0.15) is 24.8 Å². The summed E-state index contributed by atoms with van der Waals surface area (Å²) in [5.41, 5.74) is 2.27. The highest BCUT2D eigenvalue weighted by Crippen LogP contribution is 2.34. The van der Waals surface area contributed by atoms with Crippen molar-refractivity contribution in [3.8, 4) is 5.69 Å². The summed E-state index contributed by atoms with van der Waals surface area (Å²) in [6.45, 7) is 0.